The van der Waals surface area contributed by atoms with Crippen molar-refractivity contribution < 1.29 is 0 Å². The minimum atomic E-state index is 0.255. The van der Waals surface area contributed by atoms with Crippen LogP contribution >= 0.6 is 0 Å². The molecule has 1 unspecified atom stereocenters. The molecule has 168 valence electrons. The van der Waals surface area contributed by atoms with Crippen LogP contribution in [0.25, 0.3) is 44.2 Å². The molecule has 0 bridgehead atoms. The Bertz CT molecular complexity index is 1810. The van der Waals surface area contributed by atoms with Gasteiger partial charge in [-0.1, -0.05) is 109 Å². The maximum atomic E-state index is 3.67. The normalized spacial score (nSPS) is 14.6. The summed E-state index contributed by atoms with van der Waals surface area (Å²) >= 11 is 0. The first-order valence-electron chi connectivity index (χ1n) is 12.6. The van der Waals surface area contributed by atoms with Crippen LogP contribution in [-0.2, 0) is 0 Å². The summed E-state index contributed by atoms with van der Waals surface area (Å²) in [6.45, 7) is 0. The molecule has 1 atom stereocenters. The van der Waals surface area contributed by atoms with Crippen LogP contribution in [0.1, 0.15) is 22.6 Å². The van der Waals surface area contributed by atoms with E-state index < -0.39 is 0 Å². The highest BCUT2D eigenvalue weighted by molar-refractivity contribution is 6.15. The molecular formula is C35H23N. The molecule has 0 saturated carbocycles. The number of hydrogen-bond donors (Lipinski definition) is 1. The smallest absolute Gasteiger partial charge is 0.0470 e. The van der Waals surface area contributed by atoms with E-state index in [4.69, 9.17) is 0 Å². The molecule has 2 aliphatic rings. The van der Waals surface area contributed by atoms with Gasteiger partial charge >= 0.3 is 0 Å². The molecule has 0 amide bonds. The van der Waals surface area contributed by atoms with Crippen molar-refractivity contribution in [1.29, 1.82) is 0 Å². The van der Waals surface area contributed by atoms with Crippen molar-refractivity contribution in [1.82, 2.24) is 0 Å². The minimum Gasteiger partial charge on any atom is -0.354 e. The highest BCUT2D eigenvalue weighted by atomic mass is 14.9. The lowest BCUT2D eigenvalue weighted by molar-refractivity contribution is 1.02. The average Bonchev–Trinajstić information content (AvgIpc) is 3.27. The molecule has 6 aromatic carbocycles. The van der Waals surface area contributed by atoms with Crippen LogP contribution in [-0.4, -0.2) is 0 Å². The van der Waals surface area contributed by atoms with E-state index in [1.165, 1.54) is 72.2 Å². The Balaban J connectivity index is 1.35. The van der Waals surface area contributed by atoms with E-state index in [1.54, 1.807) is 0 Å². The van der Waals surface area contributed by atoms with Crippen molar-refractivity contribution in [2.45, 2.75) is 5.92 Å². The van der Waals surface area contributed by atoms with Gasteiger partial charge in [-0.25, -0.2) is 0 Å². The quantitative estimate of drug-likeness (QED) is 0.273. The number of nitrogens with one attached hydrogen (secondary N) is 1. The molecule has 0 aromatic heterocycles. The van der Waals surface area contributed by atoms with Gasteiger partial charge in [-0.3, -0.25) is 0 Å². The summed E-state index contributed by atoms with van der Waals surface area (Å²) in [5.41, 5.74) is 14.3. The Morgan fingerprint density at radius 3 is 2.08 bits per heavy atom. The molecule has 0 fully saturated rings. The topological polar surface area (TPSA) is 12.0 Å². The number of hydrogen-bond acceptors (Lipinski definition) is 1. The van der Waals surface area contributed by atoms with Crippen molar-refractivity contribution >= 4 is 22.1 Å². The van der Waals surface area contributed by atoms with Crippen LogP contribution in [0, 0.1) is 0 Å². The van der Waals surface area contributed by atoms with Crippen LogP contribution in [0.15, 0.2) is 127 Å². The molecule has 8 rings (SSSR count). The largest absolute Gasteiger partial charge is 0.354 e. The van der Waals surface area contributed by atoms with Gasteiger partial charge in [0.25, 0.3) is 0 Å². The van der Waals surface area contributed by atoms with Crippen LogP contribution in [0.5, 0.6) is 0 Å². The Labute approximate surface area is 210 Å². The Morgan fingerprint density at radius 1 is 0.444 bits per heavy atom. The monoisotopic (exact) mass is 457 g/mol. The lowest BCUT2D eigenvalue weighted by Gasteiger charge is -2.24. The van der Waals surface area contributed by atoms with E-state index in [0.29, 0.717) is 0 Å². The molecule has 0 spiro atoms. The van der Waals surface area contributed by atoms with Gasteiger partial charge < -0.3 is 5.32 Å². The van der Waals surface area contributed by atoms with Crippen molar-refractivity contribution in [2.75, 3.05) is 5.32 Å². The van der Waals surface area contributed by atoms with Gasteiger partial charge in [0.05, 0.1) is 0 Å². The molecule has 1 aliphatic heterocycles. The lowest BCUT2D eigenvalue weighted by atomic mass is 9.86. The highest BCUT2D eigenvalue weighted by Crippen LogP contribution is 2.50. The molecule has 1 heterocycles. The third-order valence-corrected chi connectivity index (χ3v) is 7.90. The first-order valence-corrected chi connectivity index (χ1v) is 12.6. The van der Waals surface area contributed by atoms with E-state index in [9.17, 15) is 0 Å². The van der Waals surface area contributed by atoms with Crippen LogP contribution in [0.3, 0.4) is 0 Å². The summed E-state index contributed by atoms with van der Waals surface area (Å²) < 4.78 is 0. The molecule has 0 saturated heterocycles. The maximum absolute atomic E-state index is 3.67. The zero-order chi connectivity index (χ0) is 23.6. The summed E-state index contributed by atoms with van der Waals surface area (Å²) in [4.78, 5) is 0. The number of para-hydroxylation sites is 1. The highest BCUT2D eigenvalue weighted by Gasteiger charge is 2.30. The number of fused-ring (bicyclic) bond motifs is 5. The lowest BCUT2D eigenvalue weighted by Crippen LogP contribution is -2.01. The molecule has 36 heavy (non-hydrogen) atoms. The number of rotatable bonds is 2. The van der Waals surface area contributed by atoms with Crippen LogP contribution in [0.4, 0.5) is 11.4 Å². The van der Waals surface area contributed by atoms with Crippen LogP contribution in [0.2, 0.25) is 0 Å². The average molecular weight is 458 g/mol. The third-order valence-electron chi connectivity index (χ3n) is 7.90. The summed E-state index contributed by atoms with van der Waals surface area (Å²) in [6.07, 6.45) is 0. The van der Waals surface area contributed by atoms with E-state index in [2.05, 4.69) is 133 Å². The van der Waals surface area contributed by atoms with E-state index in [0.717, 1.165) is 0 Å². The molecular weight excluding hydrogens is 434 g/mol. The van der Waals surface area contributed by atoms with Gasteiger partial charge in [-0.05, 0) is 68.1 Å². The van der Waals surface area contributed by atoms with Crippen LogP contribution < -0.4 is 5.32 Å². The van der Waals surface area contributed by atoms with Gasteiger partial charge in [0, 0.05) is 28.2 Å². The fourth-order valence-electron chi connectivity index (χ4n) is 6.34. The van der Waals surface area contributed by atoms with Crippen molar-refractivity contribution in [3.63, 3.8) is 0 Å². The van der Waals surface area contributed by atoms with E-state index >= 15 is 0 Å². The fourth-order valence-corrected chi connectivity index (χ4v) is 6.34. The summed E-state index contributed by atoms with van der Waals surface area (Å²) in [7, 11) is 0. The molecule has 1 nitrogen and oxygen atoms in total. The van der Waals surface area contributed by atoms with Crippen molar-refractivity contribution in [3.05, 3.63) is 144 Å². The predicted octanol–water partition coefficient (Wildman–Crippen LogP) is 9.39. The fraction of sp³-hybridized carbons (Fsp3) is 0.0286. The number of anilines is 2. The number of benzene rings is 6. The Morgan fingerprint density at radius 2 is 1.17 bits per heavy atom. The van der Waals surface area contributed by atoms with Gasteiger partial charge in [0.15, 0.2) is 0 Å². The first-order chi connectivity index (χ1) is 17.9. The summed E-state index contributed by atoms with van der Waals surface area (Å²) in [5, 5.41) is 6.26. The molecule has 1 heteroatoms. The predicted molar refractivity (Wildman–Crippen MR) is 151 cm³/mol. The van der Waals surface area contributed by atoms with E-state index in [-0.39, 0.29) is 5.92 Å². The van der Waals surface area contributed by atoms with Gasteiger partial charge in [0.2, 0.25) is 0 Å². The van der Waals surface area contributed by atoms with Gasteiger partial charge in [-0.15, -0.1) is 0 Å². The standard InChI is InChI=1S/C35H23N/c1-2-9-22(10-3-1)34-29-13-5-4-11-25(29)26-18-17-23(21-31(26)34)24-19-20-33-35-28(24)14-8-15-30(35)27-12-6-7-16-32(27)36-33/h1-21,34,36H. The molecule has 1 aliphatic carbocycles. The second-order valence-electron chi connectivity index (χ2n) is 9.79. The maximum Gasteiger partial charge on any atom is 0.0470 e. The summed E-state index contributed by atoms with van der Waals surface area (Å²) in [5.74, 6) is 0.255. The Kier molecular flexibility index (Phi) is 4.06. The van der Waals surface area contributed by atoms with Crippen molar-refractivity contribution in [3.8, 4) is 33.4 Å². The van der Waals surface area contributed by atoms with E-state index in [1.807, 2.05) is 0 Å². The second-order valence-corrected chi connectivity index (χ2v) is 9.79. The van der Waals surface area contributed by atoms with Gasteiger partial charge in [-0.2, -0.15) is 0 Å². The third kappa shape index (κ3) is 2.71. The van der Waals surface area contributed by atoms with Gasteiger partial charge in [0.1, 0.15) is 0 Å². The SMILES string of the molecule is c1ccc(C2c3ccccc3-c3ccc(-c4ccc5c6c(cccc46)-c4ccccc4N5)cc32)cc1. The Hall–Kier alpha value is -4.62. The summed E-state index contributed by atoms with van der Waals surface area (Å²) in [6, 6.07) is 46.7. The molecule has 1 N–H and O–H groups in total. The minimum absolute atomic E-state index is 0.255. The molecule has 0 radical (unpaired) electrons. The van der Waals surface area contributed by atoms with Crippen molar-refractivity contribution in [2.24, 2.45) is 0 Å². The second kappa shape index (κ2) is 7.44. The zero-order valence-electron chi connectivity index (χ0n) is 19.7. The zero-order valence-corrected chi connectivity index (χ0v) is 19.7. The first kappa shape index (κ1) is 19.7. The molecule has 6 aromatic rings.